The van der Waals surface area contributed by atoms with Gasteiger partial charge >= 0.3 is 46.6 Å². The fraction of sp³-hybridized carbons (Fsp3) is 0. The minimum Gasteiger partial charge on any atom is -0.869 e. The predicted octanol–water partition coefficient (Wildman–Crippen LogP) is -3.62. The summed E-state index contributed by atoms with van der Waals surface area (Å²) >= 11 is 0. The van der Waals surface area contributed by atoms with Crippen molar-refractivity contribution in [1.82, 2.24) is 0 Å². The first-order chi connectivity index (χ1) is 16.3. The molecule has 38 heavy (non-hydrogen) atoms. The molecule has 203 valence electrons. The van der Waals surface area contributed by atoms with E-state index >= 15 is 0 Å². The van der Waals surface area contributed by atoms with Gasteiger partial charge in [-0.3, -0.25) is 0 Å². The summed E-state index contributed by atoms with van der Waals surface area (Å²) in [6.07, 6.45) is 0. The summed E-state index contributed by atoms with van der Waals surface area (Å²) in [5, 5.41) is 55.0. The molecule has 3 aromatic rings. The third-order valence-electron chi connectivity index (χ3n) is 3.72. The van der Waals surface area contributed by atoms with Crippen molar-refractivity contribution in [1.29, 1.82) is 0 Å². The maximum absolute atomic E-state index is 10.8. The smallest absolute Gasteiger partial charge is 0.869 e. The molecule has 0 saturated carbocycles. The molecule has 0 aliphatic heterocycles. The Morgan fingerprint density at radius 1 is 0.500 bits per heavy atom. The minimum atomic E-state index is -4.78. The SMILES string of the molecule is O=S(=O)([O-])c1cccc(O)c1O.O=S(=O)([O-])c1cccc(O)c1O.O=S(=O)([O-])c1cccc(O)c1[O-].[Fe+3].[Na+]. The van der Waals surface area contributed by atoms with Crippen molar-refractivity contribution in [3.8, 4) is 34.5 Å². The van der Waals surface area contributed by atoms with Crippen molar-refractivity contribution in [3.05, 3.63) is 54.6 Å². The van der Waals surface area contributed by atoms with Gasteiger partial charge in [-0.15, -0.1) is 0 Å². The van der Waals surface area contributed by atoms with Crippen LogP contribution in [0.3, 0.4) is 0 Å². The van der Waals surface area contributed by atoms with Crippen molar-refractivity contribution in [2.24, 2.45) is 0 Å². The normalized spacial score (nSPS) is 10.8. The van der Waals surface area contributed by atoms with E-state index in [9.17, 15) is 44.0 Å². The minimum absolute atomic E-state index is 0. The van der Waals surface area contributed by atoms with Gasteiger partial charge in [0.1, 0.15) is 36.1 Å². The largest absolute Gasteiger partial charge is 3.00 e. The zero-order valence-electron chi connectivity index (χ0n) is 18.6. The molecular weight excluding hydrogens is 631 g/mol. The maximum Gasteiger partial charge on any atom is 3.00 e. The molecule has 0 unspecified atom stereocenters. The molecule has 20 heteroatoms. The molecule has 0 spiro atoms. The van der Waals surface area contributed by atoms with Crippen LogP contribution >= 0.6 is 0 Å². The predicted molar refractivity (Wildman–Crippen MR) is 111 cm³/mol. The Morgan fingerprint density at radius 2 is 0.763 bits per heavy atom. The third-order valence-corrected chi connectivity index (χ3v) is 6.32. The Kier molecular flexibility index (Phi) is 14.7. The molecule has 0 amide bonds. The first kappa shape index (κ1) is 37.9. The molecule has 0 aliphatic carbocycles. The zero-order chi connectivity index (χ0) is 28.1. The van der Waals surface area contributed by atoms with Crippen molar-refractivity contribution < 1.29 is 116 Å². The van der Waals surface area contributed by atoms with Gasteiger partial charge in [0.25, 0.3) is 0 Å². The van der Waals surface area contributed by atoms with Crippen LogP contribution in [0.25, 0.3) is 0 Å². The van der Waals surface area contributed by atoms with Gasteiger partial charge in [0.2, 0.25) is 0 Å². The number of benzene rings is 3. The third kappa shape index (κ3) is 10.8. The van der Waals surface area contributed by atoms with Crippen LogP contribution in [-0.2, 0) is 47.4 Å². The summed E-state index contributed by atoms with van der Waals surface area (Å²) < 4.78 is 93.3. The van der Waals surface area contributed by atoms with Crippen molar-refractivity contribution in [2.75, 3.05) is 0 Å². The average molecular weight is 645 g/mol. The number of hydrogen-bond donors (Lipinski definition) is 5. The van der Waals surface area contributed by atoms with Gasteiger partial charge in [-0.05, 0) is 42.1 Å². The van der Waals surface area contributed by atoms with Crippen LogP contribution in [0.2, 0.25) is 0 Å². The van der Waals surface area contributed by atoms with E-state index in [1.807, 2.05) is 0 Å². The second-order valence-electron chi connectivity index (χ2n) is 6.21. The molecule has 0 atom stereocenters. The van der Waals surface area contributed by atoms with Crippen molar-refractivity contribution in [2.45, 2.75) is 14.7 Å². The standard InChI is InChI=1S/3C6H6O5S.Fe.Na/c3*7-4-2-1-3-5(6(4)8)12(9,10)11;;/h3*1-3,7-8H,(H,9,10,11);;/q;;;+3;+1/p-4. The number of aromatic hydroxyl groups is 5. The zero-order valence-corrected chi connectivity index (χ0v) is 24.1. The van der Waals surface area contributed by atoms with E-state index in [1.165, 1.54) is 0 Å². The quantitative estimate of drug-likeness (QED) is 0.104. The Labute approximate surface area is 248 Å². The van der Waals surface area contributed by atoms with Gasteiger partial charge in [0, 0.05) is 0 Å². The second kappa shape index (κ2) is 14.8. The van der Waals surface area contributed by atoms with Gasteiger partial charge in [-0.2, -0.15) is 0 Å². The van der Waals surface area contributed by atoms with E-state index in [0.29, 0.717) is 0 Å². The van der Waals surface area contributed by atoms with Crippen LogP contribution in [0.15, 0.2) is 69.3 Å². The molecule has 0 bridgehead atoms. The molecule has 0 heterocycles. The molecule has 15 nitrogen and oxygen atoms in total. The summed E-state index contributed by atoms with van der Waals surface area (Å²) in [5.74, 6) is -4.99. The van der Waals surface area contributed by atoms with Crippen LogP contribution in [0.5, 0.6) is 34.5 Å². The number of hydrogen-bond acceptors (Lipinski definition) is 15. The summed E-state index contributed by atoms with van der Waals surface area (Å²) in [7, 11) is -14.2. The monoisotopic (exact) mass is 645 g/mol. The molecule has 0 aromatic heterocycles. The van der Waals surface area contributed by atoms with E-state index in [0.717, 1.165) is 54.6 Å². The van der Waals surface area contributed by atoms with Crippen molar-refractivity contribution in [3.63, 3.8) is 0 Å². The fourth-order valence-corrected chi connectivity index (χ4v) is 3.88. The fourth-order valence-electron chi connectivity index (χ4n) is 2.13. The molecule has 0 fully saturated rings. The number of phenolic OH excluding ortho intramolecular Hbond substituents is 5. The van der Waals surface area contributed by atoms with Gasteiger partial charge in [-0.25, -0.2) is 25.3 Å². The molecule has 5 N–H and O–H groups in total. The summed E-state index contributed by atoms with van der Waals surface area (Å²) in [4.78, 5) is -2.56. The van der Waals surface area contributed by atoms with Gasteiger partial charge in [0.15, 0.2) is 23.0 Å². The van der Waals surface area contributed by atoms with Crippen LogP contribution in [0.4, 0.5) is 0 Å². The Hall–Kier alpha value is -2.29. The summed E-state index contributed by atoms with van der Waals surface area (Å²) in [6, 6.07) is 9.26. The van der Waals surface area contributed by atoms with Crippen molar-refractivity contribution >= 4 is 30.4 Å². The van der Waals surface area contributed by atoms with Crippen LogP contribution in [-0.4, -0.2) is 64.4 Å². The number of phenols is 5. The van der Waals surface area contributed by atoms with E-state index < -0.39 is 79.5 Å². The van der Waals surface area contributed by atoms with E-state index in [1.54, 1.807) is 0 Å². The molecule has 3 aromatic carbocycles. The van der Waals surface area contributed by atoms with E-state index in [2.05, 4.69) is 0 Å². The number of rotatable bonds is 3. The van der Waals surface area contributed by atoms with Crippen LogP contribution in [0.1, 0.15) is 0 Å². The molecule has 0 saturated heterocycles. The van der Waals surface area contributed by atoms with Gasteiger partial charge in [0.05, 0.1) is 14.7 Å². The van der Waals surface area contributed by atoms with Gasteiger partial charge < -0.3 is 44.3 Å². The summed E-state index contributed by atoms with van der Waals surface area (Å²) in [5.41, 5.74) is 0. The Bertz CT molecular complexity index is 1390. The first-order valence-corrected chi connectivity index (χ1v) is 12.9. The Balaban J connectivity index is 0. The molecule has 1 radical (unpaired) electrons. The van der Waals surface area contributed by atoms with E-state index in [4.69, 9.17) is 25.5 Å². The van der Waals surface area contributed by atoms with E-state index in [-0.39, 0.29) is 46.6 Å². The van der Waals surface area contributed by atoms with Gasteiger partial charge in [-0.1, -0.05) is 18.2 Å². The molecule has 0 aliphatic rings. The molecular formula is C18H14FeNaO15S3. The topological polar surface area (TPSA) is 296 Å². The average Bonchev–Trinajstić information content (AvgIpc) is 2.72. The van der Waals surface area contributed by atoms with Crippen LogP contribution < -0.4 is 34.7 Å². The number of para-hydroxylation sites is 3. The van der Waals surface area contributed by atoms with Crippen LogP contribution in [0, 0.1) is 0 Å². The second-order valence-corrected chi connectivity index (χ2v) is 10.3. The Morgan fingerprint density at radius 3 is 1.00 bits per heavy atom. The maximum atomic E-state index is 10.8. The molecule has 3 rings (SSSR count). The summed E-state index contributed by atoms with van der Waals surface area (Å²) in [6.45, 7) is 0. The first-order valence-electron chi connectivity index (χ1n) is 8.67.